The molecule has 3 rings (SSSR count). The van der Waals surface area contributed by atoms with E-state index in [1.807, 2.05) is 24.5 Å². The summed E-state index contributed by atoms with van der Waals surface area (Å²) in [5.41, 5.74) is 2.36. The quantitative estimate of drug-likeness (QED) is 0.857. The summed E-state index contributed by atoms with van der Waals surface area (Å²) in [6.07, 6.45) is 5.97. The summed E-state index contributed by atoms with van der Waals surface area (Å²) in [6.45, 7) is 2.25. The lowest BCUT2D eigenvalue weighted by Gasteiger charge is -2.21. The molecule has 2 aromatic rings. The first-order valence-corrected chi connectivity index (χ1v) is 7.50. The van der Waals surface area contributed by atoms with Crippen LogP contribution in [0.4, 0.5) is 0 Å². The smallest absolute Gasteiger partial charge is 0.103 e. The molecule has 0 bridgehead atoms. The highest BCUT2D eigenvalue weighted by Crippen LogP contribution is 2.28. The minimum atomic E-state index is 0.0302. The first-order valence-electron chi connectivity index (χ1n) is 7.50. The van der Waals surface area contributed by atoms with Crippen LogP contribution in [-0.2, 0) is 0 Å². The molecule has 0 saturated carbocycles. The average molecular weight is 279 g/mol. The van der Waals surface area contributed by atoms with E-state index in [0.29, 0.717) is 6.04 Å². The monoisotopic (exact) mass is 279 g/mol. The minimum absolute atomic E-state index is 0.0302. The Kier molecular flexibility index (Phi) is 4.00. The number of hydrogen-bond acceptors (Lipinski definition) is 2. The lowest BCUT2D eigenvalue weighted by atomic mass is 10.0. The molecule has 1 aliphatic rings. The molecule has 1 aromatic heterocycles. The van der Waals surface area contributed by atoms with Gasteiger partial charge >= 0.3 is 0 Å². The van der Waals surface area contributed by atoms with Gasteiger partial charge in [-0.3, -0.25) is 9.98 Å². The molecule has 0 spiro atoms. The van der Waals surface area contributed by atoms with Crippen LogP contribution in [0.15, 0.2) is 59.9 Å². The molecule has 1 aromatic carbocycles. The van der Waals surface area contributed by atoms with Crippen LogP contribution in [-0.4, -0.2) is 28.8 Å². The van der Waals surface area contributed by atoms with Gasteiger partial charge in [0.2, 0.25) is 0 Å². The molecule has 2 heterocycles. The second-order valence-electron chi connectivity index (χ2n) is 5.64. The molecule has 21 heavy (non-hydrogen) atoms. The SMILES string of the molecule is CC1CCC(=NC(c2ccccc2)c2cccnc2)N1C. The van der Waals surface area contributed by atoms with Gasteiger partial charge in [0.05, 0.1) is 0 Å². The summed E-state index contributed by atoms with van der Waals surface area (Å²) in [6, 6.07) is 15.1. The fourth-order valence-electron chi connectivity index (χ4n) is 2.78. The van der Waals surface area contributed by atoms with E-state index >= 15 is 0 Å². The fraction of sp³-hybridized carbons (Fsp3) is 0.333. The number of likely N-dealkylation sites (tertiary alicyclic amines) is 1. The number of nitrogens with zero attached hydrogens (tertiary/aromatic N) is 3. The summed E-state index contributed by atoms with van der Waals surface area (Å²) in [4.78, 5) is 11.6. The Morgan fingerprint density at radius 3 is 2.52 bits per heavy atom. The molecule has 3 nitrogen and oxygen atoms in total. The molecule has 2 unspecified atom stereocenters. The highest BCUT2D eigenvalue weighted by atomic mass is 15.2. The summed E-state index contributed by atoms with van der Waals surface area (Å²) >= 11 is 0. The van der Waals surface area contributed by atoms with Gasteiger partial charge in [-0.2, -0.15) is 0 Å². The Balaban J connectivity index is 2.00. The Morgan fingerprint density at radius 1 is 1.14 bits per heavy atom. The molecule has 2 atom stereocenters. The van der Waals surface area contributed by atoms with Crippen molar-refractivity contribution in [3.63, 3.8) is 0 Å². The summed E-state index contributed by atoms with van der Waals surface area (Å²) in [5.74, 6) is 1.19. The molecule has 1 fully saturated rings. The summed E-state index contributed by atoms with van der Waals surface area (Å²) in [7, 11) is 2.14. The van der Waals surface area contributed by atoms with Gasteiger partial charge in [-0.15, -0.1) is 0 Å². The predicted octanol–water partition coefficient (Wildman–Crippen LogP) is 3.68. The van der Waals surface area contributed by atoms with Crippen molar-refractivity contribution in [1.82, 2.24) is 9.88 Å². The van der Waals surface area contributed by atoms with E-state index in [1.165, 1.54) is 17.8 Å². The Hall–Kier alpha value is -2.16. The number of benzene rings is 1. The summed E-state index contributed by atoms with van der Waals surface area (Å²) < 4.78 is 0. The Bertz CT molecular complexity index is 567. The third-order valence-electron chi connectivity index (χ3n) is 4.25. The second-order valence-corrected chi connectivity index (χ2v) is 5.64. The molecule has 3 heteroatoms. The van der Waals surface area contributed by atoms with Crippen LogP contribution >= 0.6 is 0 Å². The standard InChI is InChI=1S/C18H21N3/c1-14-10-11-17(21(14)2)20-18(15-7-4-3-5-8-15)16-9-6-12-19-13-16/h3-9,12-14,18H,10-11H2,1-2H3. The number of amidine groups is 1. The number of rotatable bonds is 3. The predicted molar refractivity (Wildman–Crippen MR) is 86.4 cm³/mol. The maximum Gasteiger partial charge on any atom is 0.103 e. The second kappa shape index (κ2) is 6.08. The third kappa shape index (κ3) is 2.97. The highest BCUT2D eigenvalue weighted by Gasteiger charge is 2.24. The van der Waals surface area contributed by atoms with Crippen molar-refractivity contribution in [3.8, 4) is 0 Å². The maximum absolute atomic E-state index is 5.05. The van der Waals surface area contributed by atoms with Crippen LogP contribution in [0.1, 0.15) is 36.9 Å². The minimum Gasteiger partial charge on any atom is -0.361 e. The first kappa shape index (κ1) is 13.8. The zero-order chi connectivity index (χ0) is 14.7. The van der Waals surface area contributed by atoms with E-state index in [9.17, 15) is 0 Å². The molecule has 1 aliphatic heterocycles. The van der Waals surface area contributed by atoms with Crippen LogP contribution in [0, 0.1) is 0 Å². The van der Waals surface area contributed by atoms with E-state index in [2.05, 4.69) is 54.2 Å². The number of pyridine rings is 1. The zero-order valence-electron chi connectivity index (χ0n) is 12.6. The molecular formula is C18H21N3. The van der Waals surface area contributed by atoms with E-state index < -0.39 is 0 Å². The molecule has 0 aliphatic carbocycles. The van der Waals surface area contributed by atoms with Crippen LogP contribution in [0.2, 0.25) is 0 Å². The molecule has 0 amide bonds. The van der Waals surface area contributed by atoms with Crippen molar-refractivity contribution in [2.75, 3.05) is 7.05 Å². The van der Waals surface area contributed by atoms with Crippen molar-refractivity contribution in [3.05, 3.63) is 66.0 Å². The number of aliphatic imine (C=N–C) groups is 1. The number of aromatic nitrogens is 1. The van der Waals surface area contributed by atoms with Gasteiger partial charge in [0.1, 0.15) is 11.9 Å². The van der Waals surface area contributed by atoms with Crippen LogP contribution in [0.3, 0.4) is 0 Å². The largest absolute Gasteiger partial charge is 0.361 e. The van der Waals surface area contributed by atoms with Crippen molar-refractivity contribution in [2.45, 2.75) is 31.8 Å². The maximum atomic E-state index is 5.05. The number of hydrogen-bond donors (Lipinski definition) is 0. The summed E-state index contributed by atoms with van der Waals surface area (Å²) in [5, 5.41) is 0. The Morgan fingerprint density at radius 2 is 1.90 bits per heavy atom. The average Bonchev–Trinajstić information content (AvgIpc) is 2.86. The van der Waals surface area contributed by atoms with Gasteiger partial charge in [-0.1, -0.05) is 36.4 Å². The molecular weight excluding hydrogens is 258 g/mol. The van der Waals surface area contributed by atoms with Gasteiger partial charge in [0, 0.05) is 31.9 Å². The highest BCUT2D eigenvalue weighted by molar-refractivity contribution is 5.84. The lowest BCUT2D eigenvalue weighted by Crippen LogP contribution is -2.26. The molecule has 0 N–H and O–H groups in total. The van der Waals surface area contributed by atoms with Crippen molar-refractivity contribution >= 4 is 5.84 Å². The lowest BCUT2D eigenvalue weighted by molar-refractivity contribution is 0.421. The topological polar surface area (TPSA) is 28.5 Å². The van der Waals surface area contributed by atoms with Gasteiger partial charge in [-0.25, -0.2) is 0 Å². The van der Waals surface area contributed by atoms with Crippen molar-refractivity contribution in [1.29, 1.82) is 0 Å². The van der Waals surface area contributed by atoms with Crippen molar-refractivity contribution in [2.24, 2.45) is 4.99 Å². The van der Waals surface area contributed by atoms with E-state index in [0.717, 1.165) is 12.0 Å². The van der Waals surface area contributed by atoms with E-state index in [-0.39, 0.29) is 6.04 Å². The Labute approximate surface area is 126 Å². The van der Waals surface area contributed by atoms with Gasteiger partial charge in [-0.05, 0) is 30.5 Å². The van der Waals surface area contributed by atoms with Crippen LogP contribution < -0.4 is 0 Å². The van der Waals surface area contributed by atoms with Gasteiger partial charge in [0.25, 0.3) is 0 Å². The fourth-order valence-corrected chi connectivity index (χ4v) is 2.78. The van der Waals surface area contributed by atoms with E-state index in [1.54, 1.807) is 0 Å². The van der Waals surface area contributed by atoms with Gasteiger partial charge in [0.15, 0.2) is 0 Å². The van der Waals surface area contributed by atoms with Gasteiger partial charge < -0.3 is 4.90 Å². The first-order chi connectivity index (χ1) is 10.3. The normalized spacial score (nSPS) is 21.7. The van der Waals surface area contributed by atoms with Crippen molar-refractivity contribution < 1.29 is 0 Å². The van der Waals surface area contributed by atoms with E-state index in [4.69, 9.17) is 4.99 Å². The van der Waals surface area contributed by atoms with Crippen LogP contribution in [0.5, 0.6) is 0 Å². The molecule has 0 radical (unpaired) electrons. The third-order valence-corrected chi connectivity index (χ3v) is 4.25. The van der Waals surface area contributed by atoms with Crippen LogP contribution in [0.25, 0.3) is 0 Å². The zero-order valence-corrected chi connectivity index (χ0v) is 12.6. The molecule has 108 valence electrons. The molecule has 1 saturated heterocycles.